The van der Waals surface area contributed by atoms with Crippen molar-refractivity contribution >= 4 is 21.8 Å². The van der Waals surface area contributed by atoms with Gasteiger partial charge in [-0.1, -0.05) is 28.1 Å². The second-order valence-corrected chi connectivity index (χ2v) is 5.47. The molecular formula is C14H17BrFNO. The van der Waals surface area contributed by atoms with Gasteiger partial charge in [0.15, 0.2) is 0 Å². The molecule has 1 amide bonds. The predicted octanol–water partition coefficient (Wildman–Crippen LogP) is 3.38. The largest absolute Gasteiger partial charge is 0.339 e. The summed E-state index contributed by atoms with van der Waals surface area (Å²) < 4.78 is 13.9. The summed E-state index contributed by atoms with van der Waals surface area (Å²) in [5.41, 5.74) is 0.725. The van der Waals surface area contributed by atoms with E-state index in [0.29, 0.717) is 11.5 Å². The highest BCUT2D eigenvalue weighted by molar-refractivity contribution is 9.09. The molecule has 0 N–H and O–H groups in total. The third-order valence-corrected chi connectivity index (χ3v) is 4.46. The molecule has 1 saturated heterocycles. The number of alkyl halides is 1. The first-order valence-electron chi connectivity index (χ1n) is 6.24. The molecule has 1 aromatic rings. The number of aryl methyl sites for hydroxylation is 1. The van der Waals surface area contributed by atoms with Gasteiger partial charge in [-0.05, 0) is 37.3 Å². The van der Waals surface area contributed by atoms with Crippen LogP contribution in [0.15, 0.2) is 18.2 Å². The van der Waals surface area contributed by atoms with Crippen LogP contribution in [0.25, 0.3) is 0 Å². The zero-order valence-corrected chi connectivity index (χ0v) is 12.0. The fourth-order valence-corrected chi connectivity index (χ4v) is 2.92. The summed E-state index contributed by atoms with van der Waals surface area (Å²) in [6.45, 7) is 3.13. The summed E-state index contributed by atoms with van der Waals surface area (Å²) in [6.07, 6.45) is 1.98. The summed E-state index contributed by atoms with van der Waals surface area (Å²) in [6, 6.07) is 4.99. The van der Waals surface area contributed by atoms with Crippen LogP contribution in [0.4, 0.5) is 4.39 Å². The highest BCUT2D eigenvalue weighted by Gasteiger charge is 2.24. The molecule has 0 unspecified atom stereocenters. The highest BCUT2D eigenvalue weighted by Crippen LogP contribution is 2.22. The highest BCUT2D eigenvalue weighted by atomic mass is 79.9. The maximum absolute atomic E-state index is 13.9. The second kappa shape index (κ2) is 5.83. The molecule has 4 heteroatoms. The SMILES string of the molecule is Cc1cccc(C(=O)N2CCC(CBr)CC2)c1F. The molecule has 0 saturated carbocycles. The topological polar surface area (TPSA) is 20.3 Å². The van der Waals surface area contributed by atoms with Crippen molar-refractivity contribution in [3.63, 3.8) is 0 Å². The smallest absolute Gasteiger partial charge is 0.256 e. The maximum Gasteiger partial charge on any atom is 0.256 e. The Labute approximate surface area is 115 Å². The van der Waals surface area contributed by atoms with Crippen molar-refractivity contribution in [1.82, 2.24) is 4.90 Å². The van der Waals surface area contributed by atoms with Crippen LogP contribution in [-0.2, 0) is 0 Å². The van der Waals surface area contributed by atoms with Gasteiger partial charge in [0, 0.05) is 18.4 Å². The van der Waals surface area contributed by atoms with Gasteiger partial charge in [0.05, 0.1) is 5.56 Å². The Morgan fingerprint density at radius 3 is 2.72 bits per heavy atom. The van der Waals surface area contributed by atoms with E-state index in [1.807, 2.05) is 0 Å². The van der Waals surface area contributed by atoms with Gasteiger partial charge >= 0.3 is 0 Å². The molecule has 2 nitrogen and oxygen atoms in total. The van der Waals surface area contributed by atoms with Crippen LogP contribution in [0.5, 0.6) is 0 Å². The lowest BCUT2D eigenvalue weighted by Crippen LogP contribution is -2.39. The van der Waals surface area contributed by atoms with Gasteiger partial charge in [-0.25, -0.2) is 4.39 Å². The average Bonchev–Trinajstić information content (AvgIpc) is 2.41. The molecule has 1 heterocycles. The van der Waals surface area contributed by atoms with Crippen molar-refractivity contribution in [2.45, 2.75) is 19.8 Å². The minimum Gasteiger partial charge on any atom is -0.339 e. The number of halogens is 2. The Bertz CT molecular complexity index is 441. The molecule has 1 aromatic carbocycles. The number of rotatable bonds is 2. The molecule has 1 aliphatic rings. The van der Waals surface area contributed by atoms with Crippen LogP contribution in [0.2, 0.25) is 0 Å². The molecule has 18 heavy (non-hydrogen) atoms. The zero-order valence-electron chi connectivity index (χ0n) is 10.5. The summed E-state index contributed by atoms with van der Waals surface area (Å²) in [4.78, 5) is 14.0. The Hall–Kier alpha value is -0.900. The Kier molecular flexibility index (Phi) is 4.38. The first-order chi connectivity index (χ1) is 8.63. The van der Waals surface area contributed by atoms with Crippen LogP contribution >= 0.6 is 15.9 Å². The molecule has 0 radical (unpaired) electrons. The number of hydrogen-bond donors (Lipinski definition) is 0. The maximum atomic E-state index is 13.9. The molecule has 0 aromatic heterocycles. The molecule has 1 fully saturated rings. The van der Waals surface area contributed by atoms with Gasteiger partial charge < -0.3 is 4.90 Å². The van der Waals surface area contributed by atoms with Gasteiger partial charge in [-0.2, -0.15) is 0 Å². The van der Waals surface area contributed by atoms with E-state index in [4.69, 9.17) is 0 Å². The van der Waals surface area contributed by atoms with Crippen molar-refractivity contribution in [3.8, 4) is 0 Å². The van der Waals surface area contributed by atoms with Crippen molar-refractivity contribution in [2.75, 3.05) is 18.4 Å². The standard InChI is InChI=1S/C14H17BrFNO/c1-10-3-2-4-12(13(10)16)14(18)17-7-5-11(9-15)6-8-17/h2-4,11H,5-9H2,1H3. The van der Waals surface area contributed by atoms with E-state index >= 15 is 0 Å². The first kappa shape index (κ1) is 13.5. The van der Waals surface area contributed by atoms with E-state index in [9.17, 15) is 9.18 Å². The molecule has 0 aliphatic carbocycles. The van der Waals surface area contributed by atoms with E-state index in [0.717, 1.165) is 31.3 Å². The lowest BCUT2D eigenvalue weighted by molar-refractivity contribution is 0.0694. The van der Waals surface area contributed by atoms with Gasteiger partial charge in [0.1, 0.15) is 5.82 Å². The first-order valence-corrected chi connectivity index (χ1v) is 7.36. The number of carbonyl (C=O) groups excluding carboxylic acids is 1. The Morgan fingerprint density at radius 2 is 2.11 bits per heavy atom. The van der Waals surface area contributed by atoms with Crippen LogP contribution < -0.4 is 0 Å². The van der Waals surface area contributed by atoms with Crippen molar-refractivity contribution in [3.05, 3.63) is 35.1 Å². The molecule has 0 bridgehead atoms. The lowest BCUT2D eigenvalue weighted by Gasteiger charge is -2.31. The number of benzene rings is 1. The molecule has 0 atom stereocenters. The van der Waals surface area contributed by atoms with Gasteiger partial charge in [-0.3, -0.25) is 4.79 Å². The predicted molar refractivity (Wildman–Crippen MR) is 73.6 cm³/mol. The van der Waals surface area contributed by atoms with Crippen molar-refractivity contribution in [2.24, 2.45) is 5.92 Å². The fraction of sp³-hybridized carbons (Fsp3) is 0.500. The van der Waals surface area contributed by atoms with Crippen molar-refractivity contribution in [1.29, 1.82) is 0 Å². The van der Waals surface area contributed by atoms with E-state index in [2.05, 4.69) is 15.9 Å². The minimum absolute atomic E-state index is 0.177. The van der Waals surface area contributed by atoms with Crippen LogP contribution in [0, 0.1) is 18.7 Å². The van der Waals surface area contributed by atoms with Gasteiger partial charge in [0.25, 0.3) is 5.91 Å². The third-order valence-electron chi connectivity index (χ3n) is 3.54. The van der Waals surface area contributed by atoms with Crippen LogP contribution in [-0.4, -0.2) is 29.2 Å². The zero-order chi connectivity index (χ0) is 13.1. The molecule has 2 rings (SSSR count). The number of carbonyl (C=O) groups is 1. The van der Waals surface area contributed by atoms with Crippen LogP contribution in [0.3, 0.4) is 0 Å². The average molecular weight is 314 g/mol. The van der Waals surface area contributed by atoms with Crippen LogP contribution in [0.1, 0.15) is 28.8 Å². The van der Waals surface area contributed by atoms with E-state index in [1.54, 1.807) is 30.0 Å². The summed E-state index contributed by atoms with van der Waals surface area (Å²) in [7, 11) is 0. The summed E-state index contributed by atoms with van der Waals surface area (Å²) in [5, 5.41) is 0.980. The second-order valence-electron chi connectivity index (χ2n) is 4.83. The minimum atomic E-state index is -0.384. The lowest BCUT2D eigenvalue weighted by atomic mass is 9.98. The number of hydrogen-bond acceptors (Lipinski definition) is 1. The van der Waals surface area contributed by atoms with Gasteiger partial charge in [0.2, 0.25) is 0 Å². The summed E-state index contributed by atoms with van der Waals surface area (Å²) in [5.74, 6) is 0.0748. The number of likely N-dealkylation sites (tertiary alicyclic amines) is 1. The Morgan fingerprint density at radius 1 is 1.44 bits per heavy atom. The van der Waals surface area contributed by atoms with E-state index in [1.165, 1.54) is 0 Å². The van der Waals surface area contributed by atoms with E-state index in [-0.39, 0.29) is 17.3 Å². The number of amides is 1. The monoisotopic (exact) mass is 313 g/mol. The Balaban J connectivity index is 2.10. The third kappa shape index (κ3) is 2.74. The summed E-state index contributed by atoms with van der Waals surface area (Å²) >= 11 is 3.47. The van der Waals surface area contributed by atoms with E-state index < -0.39 is 0 Å². The fourth-order valence-electron chi connectivity index (χ4n) is 2.27. The molecular weight excluding hydrogens is 297 g/mol. The quantitative estimate of drug-likeness (QED) is 0.766. The number of piperidine rings is 1. The number of nitrogens with zero attached hydrogens (tertiary/aromatic N) is 1. The van der Waals surface area contributed by atoms with Crippen molar-refractivity contribution < 1.29 is 9.18 Å². The molecule has 0 spiro atoms. The molecule has 1 aliphatic heterocycles. The molecule has 98 valence electrons. The normalized spacial score (nSPS) is 16.9. The van der Waals surface area contributed by atoms with Gasteiger partial charge in [-0.15, -0.1) is 0 Å².